The van der Waals surface area contributed by atoms with Gasteiger partial charge in [-0.1, -0.05) is 25.0 Å². The molecule has 5 N–H and O–H groups in total. The minimum absolute atomic E-state index is 0.573. The first-order valence-electron chi connectivity index (χ1n) is 4.42. The second-order valence-electron chi connectivity index (χ2n) is 2.98. The number of hydrogen-bond acceptors (Lipinski definition) is 3. The van der Waals surface area contributed by atoms with Gasteiger partial charge in [-0.15, -0.1) is 0 Å². The van der Waals surface area contributed by atoms with Gasteiger partial charge in [-0.3, -0.25) is 4.79 Å². The first-order chi connectivity index (χ1) is 6.04. The molecule has 4 nitrogen and oxygen atoms in total. The van der Waals surface area contributed by atoms with Gasteiger partial charge in [0.1, 0.15) is 6.23 Å². The SMILES string of the molecule is C/C=C(\CCC)C(C(N)=O)C(N)O. The summed E-state index contributed by atoms with van der Waals surface area (Å²) >= 11 is 0. The van der Waals surface area contributed by atoms with Crippen LogP contribution in [0.15, 0.2) is 11.6 Å². The predicted molar refractivity (Wildman–Crippen MR) is 51.5 cm³/mol. The lowest BCUT2D eigenvalue weighted by Crippen LogP contribution is -2.40. The smallest absolute Gasteiger partial charge is 0.228 e. The van der Waals surface area contributed by atoms with E-state index in [0.717, 1.165) is 18.4 Å². The molecule has 0 aromatic rings. The summed E-state index contributed by atoms with van der Waals surface area (Å²) in [4.78, 5) is 11.0. The molecule has 0 aromatic carbocycles. The van der Waals surface area contributed by atoms with Crippen molar-refractivity contribution in [1.82, 2.24) is 0 Å². The maximum atomic E-state index is 11.0. The van der Waals surface area contributed by atoms with Crippen molar-refractivity contribution in [3.63, 3.8) is 0 Å². The zero-order chi connectivity index (χ0) is 10.4. The van der Waals surface area contributed by atoms with Crippen LogP contribution in [0.4, 0.5) is 0 Å². The van der Waals surface area contributed by atoms with Crippen molar-refractivity contribution in [2.45, 2.75) is 32.9 Å². The molecule has 0 radical (unpaired) electrons. The molecule has 1 amide bonds. The van der Waals surface area contributed by atoms with Crippen molar-refractivity contribution in [2.24, 2.45) is 17.4 Å². The third kappa shape index (κ3) is 3.57. The number of amides is 1. The van der Waals surface area contributed by atoms with E-state index >= 15 is 0 Å². The average molecular weight is 186 g/mol. The van der Waals surface area contributed by atoms with Crippen LogP contribution in [0.2, 0.25) is 0 Å². The first-order valence-corrected chi connectivity index (χ1v) is 4.42. The Kier molecular flexibility index (Phi) is 5.34. The molecule has 0 aliphatic carbocycles. The summed E-state index contributed by atoms with van der Waals surface area (Å²) in [5, 5.41) is 9.15. The molecule has 2 unspecified atom stereocenters. The van der Waals surface area contributed by atoms with Crippen molar-refractivity contribution >= 4 is 5.91 Å². The summed E-state index contributed by atoms with van der Waals surface area (Å²) in [5.74, 6) is -1.32. The molecule has 0 bridgehead atoms. The van der Waals surface area contributed by atoms with Crippen LogP contribution in [-0.4, -0.2) is 17.2 Å². The van der Waals surface area contributed by atoms with Crippen LogP contribution in [0.25, 0.3) is 0 Å². The van der Waals surface area contributed by atoms with Crippen LogP contribution in [0, 0.1) is 5.92 Å². The van der Waals surface area contributed by atoms with Crippen LogP contribution in [0.3, 0.4) is 0 Å². The Morgan fingerprint density at radius 3 is 2.38 bits per heavy atom. The third-order valence-electron chi connectivity index (χ3n) is 1.96. The molecular weight excluding hydrogens is 168 g/mol. The highest BCUT2D eigenvalue weighted by Crippen LogP contribution is 2.18. The molecule has 76 valence electrons. The van der Waals surface area contributed by atoms with E-state index in [0.29, 0.717) is 0 Å². The number of carbonyl (C=O) groups excluding carboxylic acids is 1. The quantitative estimate of drug-likeness (QED) is 0.420. The minimum Gasteiger partial charge on any atom is -0.378 e. The number of rotatable bonds is 5. The van der Waals surface area contributed by atoms with E-state index < -0.39 is 18.1 Å². The van der Waals surface area contributed by atoms with Crippen LogP contribution in [0.1, 0.15) is 26.7 Å². The summed E-state index contributed by atoms with van der Waals surface area (Å²) in [5.41, 5.74) is 11.2. The fourth-order valence-electron chi connectivity index (χ4n) is 1.34. The Balaban J connectivity index is 4.60. The van der Waals surface area contributed by atoms with Crippen molar-refractivity contribution in [3.8, 4) is 0 Å². The van der Waals surface area contributed by atoms with E-state index in [-0.39, 0.29) is 0 Å². The van der Waals surface area contributed by atoms with Crippen molar-refractivity contribution < 1.29 is 9.90 Å². The van der Waals surface area contributed by atoms with E-state index in [4.69, 9.17) is 16.6 Å². The standard InChI is InChI=1S/C9H18N2O2/c1-3-5-6(4-2)7(8(10)12)9(11)13/h4,7-8,12H,3,5,10H2,1-2H3,(H2,11,13)/b6-4+. The number of aliphatic hydroxyl groups is 1. The Hall–Kier alpha value is -0.870. The van der Waals surface area contributed by atoms with Gasteiger partial charge in [0.05, 0.1) is 5.92 Å². The number of hydrogen-bond donors (Lipinski definition) is 3. The van der Waals surface area contributed by atoms with E-state index in [1.54, 1.807) is 6.08 Å². The molecule has 13 heavy (non-hydrogen) atoms. The van der Waals surface area contributed by atoms with Gasteiger partial charge in [-0.2, -0.15) is 0 Å². The zero-order valence-corrected chi connectivity index (χ0v) is 8.16. The van der Waals surface area contributed by atoms with Gasteiger partial charge in [-0.25, -0.2) is 0 Å². The zero-order valence-electron chi connectivity index (χ0n) is 8.16. The molecule has 0 heterocycles. The fraction of sp³-hybridized carbons (Fsp3) is 0.667. The lowest BCUT2D eigenvalue weighted by molar-refractivity contribution is -0.123. The highest BCUT2D eigenvalue weighted by molar-refractivity contribution is 5.80. The van der Waals surface area contributed by atoms with Crippen LogP contribution < -0.4 is 11.5 Å². The lowest BCUT2D eigenvalue weighted by Gasteiger charge is -2.19. The minimum atomic E-state index is -1.20. The molecule has 0 spiro atoms. The third-order valence-corrected chi connectivity index (χ3v) is 1.96. The van der Waals surface area contributed by atoms with Crippen molar-refractivity contribution in [3.05, 3.63) is 11.6 Å². The molecule has 4 heteroatoms. The summed E-state index contributed by atoms with van der Waals surface area (Å²) in [6.07, 6.45) is 2.22. The van der Waals surface area contributed by atoms with Gasteiger partial charge in [0.25, 0.3) is 0 Å². The molecule has 0 rings (SSSR count). The Bertz CT molecular complexity index is 200. The van der Waals surface area contributed by atoms with Crippen molar-refractivity contribution in [2.75, 3.05) is 0 Å². The van der Waals surface area contributed by atoms with Gasteiger partial charge in [-0.05, 0) is 13.3 Å². The average Bonchev–Trinajstić information content (AvgIpc) is 2.02. The molecule has 0 saturated heterocycles. The summed E-state index contributed by atoms with van der Waals surface area (Å²) < 4.78 is 0. The molecule has 0 saturated carbocycles. The van der Waals surface area contributed by atoms with Gasteiger partial charge >= 0.3 is 0 Å². The number of carbonyl (C=O) groups is 1. The van der Waals surface area contributed by atoms with Gasteiger partial charge in [0, 0.05) is 0 Å². The topological polar surface area (TPSA) is 89.3 Å². The van der Waals surface area contributed by atoms with Crippen LogP contribution in [-0.2, 0) is 4.79 Å². The van der Waals surface area contributed by atoms with E-state index in [2.05, 4.69) is 0 Å². The molecule has 0 aliphatic rings. The highest BCUT2D eigenvalue weighted by Gasteiger charge is 2.24. The molecule has 0 fully saturated rings. The first kappa shape index (κ1) is 12.1. The van der Waals surface area contributed by atoms with Crippen LogP contribution in [0.5, 0.6) is 0 Å². The fourth-order valence-corrected chi connectivity index (χ4v) is 1.34. The molecular formula is C9H18N2O2. The molecule has 2 atom stereocenters. The summed E-state index contributed by atoms with van der Waals surface area (Å²) in [6.45, 7) is 3.80. The number of primary amides is 1. The monoisotopic (exact) mass is 186 g/mol. The Morgan fingerprint density at radius 1 is 1.62 bits per heavy atom. The van der Waals surface area contributed by atoms with Gasteiger partial charge in [0.15, 0.2) is 0 Å². The van der Waals surface area contributed by atoms with Crippen molar-refractivity contribution in [1.29, 1.82) is 0 Å². The number of nitrogens with two attached hydrogens (primary N) is 2. The van der Waals surface area contributed by atoms with E-state index in [1.165, 1.54) is 0 Å². The number of aliphatic hydroxyl groups excluding tert-OH is 1. The number of allylic oxidation sites excluding steroid dienone is 1. The van der Waals surface area contributed by atoms with Crippen LogP contribution >= 0.6 is 0 Å². The Morgan fingerprint density at radius 2 is 2.15 bits per heavy atom. The molecule has 0 aromatic heterocycles. The maximum Gasteiger partial charge on any atom is 0.228 e. The highest BCUT2D eigenvalue weighted by atomic mass is 16.3. The largest absolute Gasteiger partial charge is 0.378 e. The second-order valence-corrected chi connectivity index (χ2v) is 2.98. The van der Waals surface area contributed by atoms with E-state index in [9.17, 15) is 4.79 Å². The second kappa shape index (κ2) is 5.72. The maximum absolute atomic E-state index is 11.0. The summed E-state index contributed by atoms with van der Waals surface area (Å²) in [7, 11) is 0. The van der Waals surface area contributed by atoms with Gasteiger partial charge < -0.3 is 16.6 Å². The summed E-state index contributed by atoms with van der Waals surface area (Å²) in [6, 6.07) is 0. The lowest BCUT2D eigenvalue weighted by atomic mass is 9.93. The predicted octanol–water partition coefficient (Wildman–Crippen LogP) is 0.111. The Labute approximate surface area is 78.6 Å². The normalized spacial score (nSPS) is 16.8. The van der Waals surface area contributed by atoms with Gasteiger partial charge in [0.2, 0.25) is 5.91 Å². The molecule has 0 aliphatic heterocycles. The van der Waals surface area contributed by atoms with E-state index in [1.807, 2.05) is 13.8 Å².